The van der Waals surface area contributed by atoms with Gasteiger partial charge in [0.1, 0.15) is 30.7 Å². The summed E-state index contributed by atoms with van der Waals surface area (Å²) in [4.78, 5) is 35.5. The monoisotopic (exact) mass is 699 g/mol. The first-order valence-electron chi connectivity index (χ1n) is 14.9. The van der Waals surface area contributed by atoms with Gasteiger partial charge in [0.05, 0.1) is 25.2 Å². The van der Waals surface area contributed by atoms with Crippen LogP contribution in [0.2, 0.25) is 0 Å². The van der Waals surface area contributed by atoms with Gasteiger partial charge in [-0.2, -0.15) is 18.1 Å². The highest BCUT2D eigenvalue weighted by molar-refractivity contribution is 6.29. The van der Waals surface area contributed by atoms with Crippen LogP contribution in [0, 0.1) is 5.92 Å². The lowest BCUT2D eigenvalue weighted by molar-refractivity contribution is -0.629. The fourth-order valence-electron chi connectivity index (χ4n) is 5.91. The Hall–Kier alpha value is -2.54. The van der Waals surface area contributed by atoms with Crippen molar-refractivity contribution >= 4 is 23.5 Å². The maximum absolute atomic E-state index is 13.5. The van der Waals surface area contributed by atoms with E-state index in [0.717, 1.165) is 6.92 Å². The van der Waals surface area contributed by atoms with Crippen molar-refractivity contribution < 1.29 is 72.3 Å². The topological polar surface area (TPSA) is 193 Å². The maximum Gasteiger partial charge on any atom is 0.411 e. The second-order valence-electron chi connectivity index (χ2n) is 11.8. The minimum Gasteiger partial charge on any atom is -0.476 e. The Balaban J connectivity index is 2.16. The van der Waals surface area contributed by atoms with Gasteiger partial charge in [0.2, 0.25) is 5.91 Å². The molecule has 2 aliphatic rings. The molecule has 2 saturated heterocycles. The van der Waals surface area contributed by atoms with E-state index in [4.69, 9.17) is 35.6 Å². The molecule has 1 amide bonds. The van der Waals surface area contributed by atoms with E-state index in [1.165, 1.54) is 25.1 Å². The summed E-state index contributed by atoms with van der Waals surface area (Å²) in [5.74, 6) is -8.25. The smallest absolute Gasteiger partial charge is 0.411 e. The summed E-state index contributed by atoms with van der Waals surface area (Å²) in [6.07, 6.45) is -12.4. The molecule has 13 nitrogen and oxygen atoms in total. The highest BCUT2D eigenvalue weighted by Gasteiger charge is 2.68. The van der Waals surface area contributed by atoms with Crippen LogP contribution >= 0.6 is 11.6 Å². The Bertz CT molecular complexity index is 1300. The highest BCUT2D eigenvalue weighted by atomic mass is 35.5. The van der Waals surface area contributed by atoms with Crippen LogP contribution in [0.1, 0.15) is 58.1 Å². The fraction of sp³-hybridized carbons (Fsp3) is 0.667. The van der Waals surface area contributed by atoms with Crippen molar-refractivity contribution in [2.24, 2.45) is 5.92 Å². The standard InChI is InChI=1S/C30H41ClF3NO12/c1-6-17-8-9-19(30(43-14-29(32,33)34)27(5,46-47-30)18(7-2)10-15(3)31)11-22(17)44-28(26(41)42)12-20(38)23(35-16(4)37)25(45-28)24(40)21(39)13-36/h8-9,11,18,20-21,23-25,36,38-40H,3,6-7,10,12-14H2,1-2,4-5H3,(H,35,37)(H,41,42). The Kier molecular flexibility index (Phi) is 12.4. The summed E-state index contributed by atoms with van der Waals surface area (Å²) >= 11 is 6.07. The predicted octanol–water partition coefficient (Wildman–Crippen LogP) is 2.40. The molecule has 47 heavy (non-hydrogen) atoms. The third-order valence-corrected chi connectivity index (χ3v) is 8.61. The fourth-order valence-corrected chi connectivity index (χ4v) is 6.09. The zero-order valence-corrected chi connectivity index (χ0v) is 27.0. The second-order valence-corrected chi connectivity index (χ2v) is 12.3. The number of carbonyl (C=O) groups excluding carboxylic acids is 1. The summed E-state index contributed by atoms with van der Waals surface area (Å²) in [5.41, 5.74) is -1.28. The minimum atomic E-state index is -4.79. The van der Waals surface area contributed by atoms with E-state index in [2.05, 4.69) is 11.9 Å². The molecule has 0 aliphatic carbocycles. The molecule has 17 heteroatoms. The number of carbonyl (C=O) groups is 2. The molecular formula is C30H41ClF3NO12. The zero-order valence-electron chi connectivity index (χ0n) is 26.3. The summed E-state index contributed by atoms with van der Waals surface area (Å²) in [6.45, 7) is 6.96. The van der Waals surface area contributed by atoms with Gasteiger partial charge >= 0.3 is 17.9 Å². The van der Waals surface area contributed by atoms with E-state index >= 15 is 0 Å². The normalized spacial score (nSPS) is 31.3. The van der Waals surface area contributed by atoms with E-state index in [1.807, 2.05) is 0 Å². The Morgan fingerprint density at radius 3 is 2.36 bits per heavy atom. The lowest BCUT2D eigenvalue weighted by atomic mass is 9.74. The van der Waals surface area contributed by atoms with Crippen molar-refractivity contribution in [1.82, 2.24) is 5.32 Å². The molecule has 266 valence electrons. The van der Waals surface area contributed by atoms with Crippen molar-refractivity contribution in [2.75, 3.05) is 13.2 Å². The molecule has 2 aliphatic heterocycles. The molecule has 6 N–H and O–H groups in total. The van der Waals surface area contributed by atoms with Crippen LogP contribution in [0.4, 0.5) is 13.2 Å². The average molecular weight is 700 g/mol. The third-order valence-electron chi connectivity index (χ3n) is 8.45. The molecular weight excluding hydrogens is 659 g/mol. The number of aryl methyl sites for hydroxylation is 1. The molecule has 2 fully saturated rings. The van der Waals surface area contributed by atoms with Crippen molar-refractivity contribution in [2.45, 2.75) is 107 Å². The van der Waals surface area contributed by atoms with Crippen LogP contribution in [0.3, 0.4) is 0 Å². The number of hydrogen-bond donors (Lipinski definition) is 6. The first kappa shape index (κ1) is 38.9. The zero-order chi connectivity index (χ0) is 35.5. The quantitative estimate of drug-likeness (QED) is 0.147. The molecule has 0 saturated carbocycles. The number of ether oxygens (including phenoxy) is 3. The summed E-state index contributed by atoms with van der Waals surface area (Å²) < 4.78 is 57.7. The number of halogens is 4. The van der Waals surface area contributed by atoms with Crippen molar-refractivity contribution in [1.29, 1.82) is 0 Å². The van der Waals surface area contributed by atoms with E-state index in [1.54, 1.807) is 13.8 Å². The van der Waals surface area contributed by atoms with E-state index in [0.29, 0.717) is 12.0 Å². The van der Waals surface area contributed by atoms with Gasteiger partial charge in [-0.3, -0.25) is 4.79 Å². The summed E-state index contributed by atoms with van der Waals surface area (Å²) in [7, 11) is 0. The largest absolute Gasteiger partial charge is 0.476 e. The van der Waals surface area contributed by atoms with Gasteiger partial charge in [-0.05, 0) is 37.8 Å². The molecule has 9 unspecified atom stereocenters. The maximum atomic E-state index is 13.5. The molecule has 2 heterocycles. The van der Waals surface area contributed by atoms with Crippen LogP contribution in [-0.4, -0.2) is 98.6 Å². The van der Waals surface area contributed by atoms with Crippen molar-refractivity contribution in [3.05, 3.63) is 40.9 Å². The number of allylic oxidation sites excluding steroid dienone is 1. The average Bonchev–Trinajstić information content (AvgIpc) is 2.98. The molecule has 0 radical (unpaired) electrons. The van der Waals surface area contributed by atoms with E-state index in [9.17, 15) is 48.3 Å². The van der Waals surface area contributed by atoms with Crippen LogP contribution in [0.15, 0.2) is 29.8 Å². The SMILES string of the molecule is C=C(Cl)CC(CC)C1(C)OOC1(OCC(F)(F)F)c1ccc(CC)c(OC2(C(=O)O)CC(O)C(NC(C)=O)C(C(O)C(O)CO)O2)c1. The van der Waals surface area contributed by atoms with E-state index < -0.39 is 91.2 Å². The van der Waals surface area contributed by atoms with Crippen LogP contribution < -0.4 is 10.1 Å². The summed E-state index contributed by atoms with van der Waals surface area (Å²) in [6, 6.07) is 2.61. The van der Waals surface area contributed by atoms with Crippen LogP contribution in [0.25, 0.3) is 0 Å². The van der Waals surface area contributed by atoms with Gasteiger partial charge in [0, 0.05) is 23.4 Å². The molecule has 3 rings (SSSR count). The lowest BCUT2D eigenvalue weighted by Crippen LogP contribution is -2.69. The second kappa shape index (κ2) is 14.9. The molecule has 9 atom stereocenters. The number of amides is 1. The van der Waals surface area contributed by atoms with Gasteiger partial charge in [-0.25, -0.2) is 9.68 Å². The van der Waals surface area contributed by atoms with Gasteiger partial charge in [-0.15, -0.1) is 0 Å². The van der Waals surface area contributed by atoms with Crippen molar-refractivity contribution in [3.63, 3.8) is 0 Å². The number of aliphatic carboxylic acids is 1. The van der Waals surface area contributed by atoms with Crippen LogP contribution in [-0.2, 0) is 41.0 Å². The highest BCUT2D eigenvalue weighted by Crippen LogP contribution is 2.56. The Morgan fingerprint density at radius 2 is 1.89 bits per heavy atom. The van der Waals surface area contributed by atoms with Crippen LogP contribution in [0.5, 0.6) is 5.75 Å². The number of hydrogen-bond acceptors (Lipinski definition) is 11. The lowest BCUT2D eigenvalue weighted by Gasteiger charge is -2.57. The van der Waals surface area contributed by atoms with Crippen molar-refractivity contribution in [3.8, 4) is 5.75 Å². The number of benzene rings is 1. The first-order chi connectivity index (χ1) is 21.8. The number of aliphatic hydroxyl groups is 4. The summed E-state index contributed by atoms with van der Waals surface area (Å²) in [5, 5.41) is 54.2. The minimum absolute atomic E-state index is 0.0540. The molecule has 0 bridgehead atoms. The number of carboxylic acids is 1. The van der Waals surface area contributed by atoms with Gasteiger partial charge in [0.15, 0.2) is 5.60 Å². The Labute approximate surface area is 274 Å². The molecule has 0 spiro atoms. The van der Waals surface area contributed by atoms with Gasteiger partial charge < -0.3 is 45.1 Å². The molecule has 1 aromatic rings. The number of nitrogens with one attached hydrogen (secondary N) is 1. The number of aliphatic hydroxyl groups excluding tert-OH is 4. The van der Waals surface area contributed by atoms with Gasteiger partial charge in [-0.1, -0.05) is 44.2 Å². The predicted molar refractivity (Wildman–Crippen MR) is 157 cm³/mol. The Morgan fingerprint density at radius 1 is 1.23 bits per heavy atom. The number of alkyl halides is 3. The first-order valence-corrected chi connectivity index (χ1v) is 15.2. The van der Waals surface area contributed by atoms with Gasteiger partial charge in [0.25, 0.3) is 5.79 Å². The third kappa shape index (κ3) is 8.03. The molecule has 0 aromatic heterocycles. The number of carboxylic acid groups (broad SMARTS) is 1. The number of rotatable bonds is 15. The van der Waals surface area contributed by atoms with E-state index in [-0.39, 0.29) is 29.2 Å². The molecule has 1 aromatic carbocycles.